The first-order valence-corrected chi connectivity index (χ1v) is 10.5. The molecule has 0 aliphatic heterocycles. The molecule has 0 saturated carbocycles. The van der Waals surface area contributed by atoms with Gasteiger partial charge in [-0.05, 0) is 51.0 Å². The number of amides is 3. The molecule has 4 atom stereocenters. The summed E-state index contributed by atoms with van der Waals surface area (Å²) in [5.41, 5.74) is 11.4. The van der Waals surface area contributed by atoms with E-state index in [2.05, 4.69) is 16.0 Å². The van der Waals surface area contributed by atoms with E-state index in [9.17, 15) is 19.2 Å². The van der Waals surface area contributed by atoms with Gasteiger partial charge in [0.2, 0.25) is 17.7 Å². The Morgan fingerprint density at radius 2 is 1.37 bits per heavy atom. The minimum Gasteiger partial charge on any atom is -0.480 e. The molecule has 0 aliphatic carbocycles. The smallest absolute Gasteiger partial charge is 0.325 e. The van der Waals surface area contributed by atoms with Gasteiger partial charge in [0.1, 0.15) is 18.1 Å². The van der Waals surface area contributed by atoms with Gasteiger partial charge in [0.05, 0.1) is 6.04 Å². The van der Waals surface area contributed by atoms with Crippen LogP contribution in [0.2, 0.25) is 0 Å². The minimum absolute atomic E-state index is 0.0702. The van der Waals surface area contributed by atoms with Crippen molar-refractivity contribution in [2.24, 2.45) is 23.3 Å². The van der Waals surface area contributed by atoms with Crippen molar-refractivity contribution in [3.05, 3.63) is 0 Å². The fraction of sp³-hybridized carbons (Fsp3) is 0.800. The van der Waals surface area contributed by atoms with Gasteiger partial charge >= 0.3 is 5.97 Å². The second-order valence-electron chi connectivity index (χ2n) is 8.37. The predicted octanol–water partition coefficient (Wildman–Crippen LogP) is -0.296. The number of rotatable bonds is 14. The molecule has 0 fully saturated rings. The third kappa shape index (κ3) is 10.5. The Morgan fingerprint density at radius 3 is 1.83 bits per heavy atom. The highest BCUT2D eigenvalue weighted by Gasteiger charge is 2.30. The standard InChI is InChI=1S/C20H39N5O5/c1-11(2)10-15(18(27)23-13(5)20(29)30)25-17(26)14(8-6-7-9-21)24-19(28)16(22)12(3)4/h11-16H,6-10,21-22H2,1-5H3,(H,23,27)(H,24,28)(H,25,26)(H,29,30). The van der Waals surface area contributed by atoms with Crippen molar-refractivity contribution >= 4 is 23.7 Å². The molecule has 0 aromatic rings. The zero-order valence-electron chi connectivity index (χ0n) is 18.7. The molecule has 30 heavy (non-hydrogen) atoms. The van der Waals surface area contributed by atoms with E-state index in [0.717, 1.165) is 0 Å². The fourth-order valence-electron chi connectivity index (χ4n) is 2.68. The van der Waals surface area contributed by atoms with Crippen molar-refractivity contribution in [2.75, 3.05) is 6.54 Å². The largest absolute Gasteiger partial charge is 0.480 e. The van der Waals surface area contributed by atoms with Crippen LogP contribution in [-0.4, -0.2) is 59.5 Å². The summed E-state index contributed by atoms with van der Waals surface area (Å²) < 4.78 is 0. The molecule has 0 aliphatic rings. The van der Waals surface area contributed by atoms with Gasteiger partial charge in [-0.1, -0.05) is 27.7 Å². The SMILES string of the molecule is CC(C)CC(NC(=O)C(CCCCN)NC(=O)C(N)C(C)C)C(=O)NC(C)C(=O)O. The van der Waals surface area contributed by atoms with E-state index in [4.69, 9.17) is 16.6 Å². The van der Waals surface area contributed by atoms with Gasteiger partial charge in [0, 0.05) is 0 Å². The summed E-state index contributed by atoms with van der Waals surface area (Å²) in [5, 5.41) is 16.7. The molecule has 0 rings (SSSR count). The van der Waals surface area contributed by atoms with Crippen LogP contribution < -0.4 is 27.4 Å². The van der Waals surface area contributed by atoms with Crippen LogP contribution in [0.1, 0.15) is 60.3 Å². The van der Waals surface area contributed by atoms with Crippen LogP contribution in [0.5, 0.6) is 0 Å². The van der Waals surface area contributed by atoms with Crippen molar-refractivity contribution in [1.82, 2.24) is 16.0 Å². The molecule has 8 N–H and O–H groups in total. The highest BCUT2D eigenvalue weighted by atomic mass is 16.4. The van der Waals surface area contributed by atoms with Crippen molar-refractivity contribution in [2.45, 2.75) is 84.5 Å². The first-order valence-electron chi connectivity index (χ1n) is 10.5. The number of carboxylic acids is 1. The lowest BCUT2D eigenvalue weighted by Gasteiger charge is -2.26. The molecule has 0 aromatic carbocycles. The molecule has 0 bridgehead atoms. The number of hydrogen-bond acceptors (Lipinski definition) is 6. The summed E-state index contributed by atoms with van der Waals surface area (Å²) in [4.78, 5) is 48.8. The highest BCUT2D eigenvalue weighted by molar-refractivity contribution is 5.94. The number of nitrogens with two attached hydrogens (primary N) is 2. The topological polar surface area (TPSA) is 177 Å². The summed E-state index contributed by atoms with van der Waals surface area (Å²) in [6.07, 6.45) is 1.96. The Bertz CT molecular complexity index is 582. The van der Waals surface area contributed by atoms with E-state index in [-0.39, 0.29) is 11.8 Å². The van der Waals surface area contributed by atoms with Gasteiger partial charge < -0.3 is 32.5 Å². The Hall–Kier alpha value is -2.20. The average molecular weight is 430 g/mol. The summed E-state index contributed by atoms with van der Waals surface area (Å²) in [6.45, 7) is 9.18. The maximum absolute atomic E-state index is 12.9. The van der Waals surface area contributed by atoms with E-state index in [0.29, 0.717) is 32.2 Å². The maximum atomic E-state index is 12.9. The van der Waals surface area contributed by atoms with Crippen molar-refractivity contribution < 1.29 is 24.3 Å². The van der Waals surface area contributed by atoms with Crippen LogP contribution >= 0.6 is 0 Å². The quantitative estimate of drug-likeness (QED) is 0.205. The monoisotopic (exact) mass is 429 g/mol. The Labute approximate surface area is 178 Å². The predicted molar refractivity (Wildman–Crippen MR) is 114 cm³/mol. The van der Waals surface area contributed by atoms with E-state index in [1.54, 1.807) is 13.8 Å². The third-order valence-corrected chi connectivity index (χ3v) is 4.67. The lowest BCUT2D eigenvalue weighted by atomic mass is 10.0. The molecular formula is C20H39N5O5. The van der Waals surface area contributed by atoms with Crippen LogP contribution in [0.15, 0.2) is 0 Å². The molecule has 4 unspecified atom stereocenters. The van der Waals surface area contributed by atoms with Gasteiger partial charge in [-0.2, -0.15) is 0 Å². The molecule has 0 radical (unpaired) electrons. The highest BCUT2D eigenvalue weighted by Crippen LogP contribution is 2.09. The van der Waals surface area contributed by atoms with Crippen LogP contribution in [-0.2, 0) is 19.2 Å². The average Bonchev–Trinajstić information content (AvgIpc) is 2.65. The van der Waals surface area contributed by atoms with Gasteiger partial charge in [-0.15, -0.1) is 0 Å². The molecule has 0 saturated heterocycles. The van der Waals surface area contributed by atoms with Crippen LogP contribution in [0.3, 0.4) is 0 Å². The third-order valence-electron chi connectivity index (χ3n) is 4.67. The Balaban J connectivity index is 5.34. The normalized spacial score (nSPS) is 15.2. The molecule has 0 spiro atoms. The maximum Gasteiger partial charge on any atom is 0.325 e. The van der Waals surface area contributed by atoms with E-state index >= 15 is 0 Å². The number of unbranched alkanes of at least 4 members (excludes halogenated alkanes) is 1. The van der Waals surface area contributed by atoms with Gasteiger partial charge in [-0.25, -0.2) is 0 Å². The number of carboxylic acid groups (broad SMARTS) is 1. The second-order valence-corrected chi connectivity index (χ2v) is 8.37. The number of carbonyl (C=O) groups excluding carboxylic acids is 3. The van der Waals surface area contributed by atoms with Gasteiger partial charge in [-0.3, -0.25) is 19.2 Å². The van der Waals surface area contributed by atoms with Crippen LogP contribution in [0, 0.1) is 11.8 Å². The first-order chi connectivity index (χ1) is 13.9. The van der Waals surface area contributed by atoms with Gasteiger partial charge in [0.15, 0.2) is 0 Å². The first kappa shape index (κ1) is 27.8. The summed E-state index contributed by atoms with van der Waals surface area (Å²) in [7, 11) is 0. The van der Waals surface area contributed by atoms with E-state index in [1.165, 1.54) is 6.92 Å². The number of aliphatic carboxylic acids is 1. The molecular weight excluding hydrogens is 390 g/mol. The Morgan fingerprint density at radius 1 is 0.833 bits per heavy atom. The summed E-state index contributed by atoms with van der Waals surface area (Å²) >= 11 is 0. The van der Waals surface area contributed by atoms with Crippen molar-refractivity contribution in [3.63, 3.8) is 0 Å². The van der Waals surface area contributed by atoms with Gasteiger partial charge in [0.25, 0.3) is 0 Å². The second kappa shape index (κ2) is 13.9. The van der Waals surface area contributed by atoms with E-state index < -0.39 is 47.9 Å². The van der Waals surface area contributed by atoms with Crippen molar-refractivity contribution in [3.8, 4) is 0 Å². The molecule has 10 heteroatoms. The number of nitrogens with one attached hydrogen (secondary N) is 3. The fourth-order valence-corrected chi connectivity index (χ4v) is 2.68. The molecule has 0 heterocycles. The summed E-state index contributed by atoms with van der Waals surface area (Å²) in [6, 6.07) is -3.64. The number of hydrogen-bond donors (Lipinski definition) is 6. The molecule has 174 valence electrons. The minimum atomic E-state index is -1.17. The van der Waals surface area contributed by atoms with Crippen LogP contribution in [0.4, 0.5) is 0 Å². The lowest BCUT2D eigenvalue weighted by molar-refractivity contribution is -0.142. The molecule has 3 amide bonds. The molecule has 0 aromatic heterocycles. The van der Waals surface area contributed by atoms with Crippen LogP contribution in [0.25, 0.3) is 0 Å². The van der Waals surface area contributed by atoms with Crippen molar-refractivity contribution in [1.29, 1.82) is 0 Å². The Kier molecular flexibility index (Phi) is 12.9. The molecule has 10 nitrogen and oxygen atoms in total. The zero-order chi connectivity index (χ0) is 23.4. The zero-order valence-corrected chi connectivity index (χ0v) is 18.7. The lowest BCUT2D eigenvalue weighted by Crippen LogP contribution is -2.57. The number of carbonyl (C=O) groups is 4. The summed E-state index contributed by atoms with van der Waals surface area (Å²) in [5.74, 6) is -2.75. The van der Waals surface area contributed by atoms with E-state index in [1.807, 2.05) is 13.8 Å².